The molecule has 1 N–H and O–H groups in total. The first-order valence-corrected chi connectivity index (χ1v) is 10.4. The molecule has 0 aromatic heterocycles. The molecule has 3 rings (SSSR count). The van der Waals surface area contributed by atoms with Crippen LogP contribution in [0, 0.1) is 0 Å². The first-order chi connectivity index (χ1) is 14.3. The lowest BCUT2D eigenvalue weighted by atomic mass is 10.00. The van der Waals surface area contributed by atoms with Gasteiger partial charge in [0.2, 0.25) is 10.0 Å². The summed E-state index contributed by atoms with van der Waals surface area (Å²) < 4.78 is 104. The molecule has 1 aliphatic heterocycles. The van der Waals surface area contributed by atoms with Crippen LogP contribution in [0.5, 0.6) is 0 Å². The second-order valence-electron chi connectivity index (χ2n) is 6.88. The number of halogens is 6. The van der Waals surface area contributed by atoms with Crippen LogP contribution in [0.4, 0.5) is 26.3 Å². The number of hydrogen-bond donors (Lipinski definition) is 1. The summed E-state index contributed by atoms with van der Waals surface area (Å²) in [5, 5.41) is 0. The minimum Gasteiger partial charge on any atom is -0.330 e. The van der Waals surface area contributed by atoms with Crippen LogP contribution in [0.1, 0.15) is 22.3 Å². The minimum absolute atomic E-state index is 0.115. The summed E-state index contributed by atoms with van der Waals surface area (Å²) in [7, 11) is -4.26. The molecule has 0 unspecified atom stereocenters. The van der Waals surface area contributed by atoms with E-state index in [2.05, 4.69) is 4.72 Å². The lowest BCUT2D eigenvalue weighted by Crippen LogP contribution is -2.43. The van der Waals surface area contributed by atoms with Crippen LogP contribution >= 0.6 is 0 Å². The summed E-state index contributed by atoms with van der Waals surface area (Å²) in [6.45, 7) is -1.22. The fourth-order valence-corrected chi connectivity index (χ4v) is 4.32. The van der Waals surface area contributed by atoms with E-state index in [-0.39, 0.29) is 29.0 Å². The quantitative estimate of drug-likeness (QED) is 0.700. The van der Waals surface area contributed by atoms with Crippen LogP contribution in [0.3, 0.4) is 0 Å². The van der Waals surface area contributed by atoms with Gasteiger partial charge in [0.15, 0.2) is 0 Å². The lowest BCUT2D eigenvalue weighted by molar-refractivity contribution is -0.186. The van der Waals surface area contributed by atoms with Crippen LogP contribution in [0.2, 0.25) is 0 Å². The fourth-order valence-electron chi connectivity index (χ4n) is 3.26. The summed E-state index contributed by atoms with van der Waals surface area (Å²) in [6.07, 6.45) is -9.60. The van der Waals surface area contributed by atoms with E-state index in [9.17, 15) is 39.6 Å². The van der Waals surface area contributed by atoms with E-state index < -0.39 is 46.9 Å². The van der Waals surface area contributed by atoms with Crippen molar-refractivity contribution in [2.75, 3.05) is 6.54 Å². The van der Waals surface area contributed by atoms with Gasteiger partial charge in [0.1, 0.15) is 0 Å². The number of alkyl halides is 6. The maximum atomic E-state index is 13.1. The van der Waals surface area contributed by atoms with Gasteiger partial charge in [-0.15, -0.1) is 0 Å². The number of benzene rings is 2. The Morgan fingerprint density at radius 2 is 1.68 bits per heavy atom. The predicted molar refractivity (Wildman–Crippen MR) is 97.1 cm³/mol. The van der Waals surface area contributed by atoms with Crippen LogP contribution in [0.25, 0.3) is 0 Å². The maximum absolute atomic E-state index is 13.1. The van der Waals surface area contributed by atoms with E-state index in [0.717, 1.165) is 18.2 Å². The third-order valence-electron chi connectivity index (χ3n) is 4.81. The van der Waals surface area contributed by atoms with E-state index in [1.54, 1.807) is 0 Å². The topological polar surface area (TPSA) is 66.5 Å². The van der Waals surface area contributed by atoms with E-state index in [0.29, 0.717) is 10.5 Å². The number of nitrogens with zero attached hydrogens (tertiary/aromatic N) is 1. The van der Waals surface area contributed by atoms with Crippen molar-refractivity contribution in [3.05, 3.63) is 64.7 Å². The van der Waals surface area contributed by atoms with Crippen molar-refractivity contribution in [2.24, 2.45) is 0 Å². The molecule has 1 heterocycles. The number of hydrogen-bond acceptors (Lipinski definition) is 3. The summed E-state index contributed by atoms with van der Waals surface area (Å²) in [6, 6.07) is 8.25. The Kier molecular flexibility index (Phi) is 6.07. The number of sulfonamides is 1. The third kappa shape index (κ3) is 5.18. The molecule has 0 spiro atoms. The molecule has 0 fully saturated rings. The lowest BCUT2D eigenvalue weighted by Gasteiger charge is -2.29. The summed E-state index contributed by atoms with van der Waals surface area (Å²) >= 11 is 0. The van der Waals surface area contributed by atoms with Crippen LogP contribution in [-0.2, 0) is 40.5 Å². The van der Waals surface area contributed by atoms with Crippen molar-refractivity contribution in [1.29, 1.82) is 0 Å². The number of rotatable bonds is 4. The second kappa shape index (κ2) is 8.15. The molecular weight excluding hydrogens is 450 g/mol. The van der Waals surface area contributed by atoms with Crippen molar-refractivity contribution in [3.63, 3.8) is 0 Å². The Labute approximate surface area is 173 Å². The molecule has 0 saturated carbocycles. The van der Waals surface area contributed by atoms with Crippen molar-refractivity contribution in [1.82, 2.24) is 9.62 Å². The molecule has 168 valence electrons. The molecule has 1 amide bonds. The molecule has 0 bridgehead atoms. The van der Waals surface area contributed by atoms with Gasteiger partial charge in [-0.05, 0) is 41.3 Å². The average Bonchev–Trinajstić information content (AvgIpc) is 2.69. The standard InChI is InChI=1S/C19H16F6N2O3S/c20-18(21,22)16-4-2-1-3-13(16)10-26-31(29,30)15-6-5-12-7-8-27(11-14(12)9-15)17(28)19(23,24)25/h1-6,9,26H,7-8,10-11H2. The molecule has 12 heteroatoms. The van der Waals surface area contributed by atoms with Gasteiger partial charge in [0.05, 0.1) is 10.5 Å². The number of nitrogens with one attached hydrogen (secondary N) is 1. The van der Waals surface area contributed by atoms with E-state index in [1.807, 2.05) is 0 Å². The van der Waals surface area contributed by atoms with Gasteiger partial charge < -0.3 is 4.90 Å². The highest BCUT2D eigenvalue weighted by Gasteiger charge is 2.43. The van der Waals surface area contributed by atoms with Crippen LogP contribution in [-0.4, -0.2) is 31.9 Å². The van der Waals surface area contributed by atoms with E-state index in [1.165, 1.54) is 24.3 Å². The molecule has 0 radical (unpaired) electrons. The average molecular weight is 466 g/mol. The van der Waals surface area contributed by atoms with E-state index >= 15 is 0 Å². The molecule has 0 atom stereocenters. The van der Waals surface area contributed by atoms with Gasteiger partial charge in [-0.2, -0.15) is 26.3 Å². The molecular formula is C19H16F6N2O3S. The van der Waals surface area contributed by atoms with Gasteiger partial charge in [0.25, 0.3) is 0 Å². The smallest absolute Gasteiger partial charge is 0.330 e. The highest BCUT2D eigenvalue weighted by molar-refractivity contribution is 7.89. The van der Waals surface area contributed by atoms with Crippen molar-refractivity contribution in [2.45, 2.75) is 36.8 Å². The highest BCUT2D eigenvalue weighted by atomic mass is 32.2. The zero-order valence-corrected chi connectivity index (χ0v) is 16.5. The summed E-state index contributed by atoms with van der Waals surface area (Å²) in [5.74, 6) is -2.02. The summed E-state index contributed by atoms with van der Waals surface area (Å²) in [4.78, 5) is 11.7. The Morgan fingerprint density at radius 3 is 2.32 bits per heavy atom. The molecule has 31 heavy (non-hydrogen) atoms. The van der Waals surface area contributed by atoms with Crippen molar-refractivity contribution in [3.8, 4) is 0 Å². The Hall–Kier alpha value is -2.60. The monoisotopic (exact) mass is 466 g/mol. The predicted octanol–water partition coefficient (Wildman–Crippen LogP) is 3.63. The van der Waals surface area contributed by atoms with E-state index in [4.69, 9.17) is 0 Å². The molecule has 0 saturated heterocycles. The van der Waals surface area contributed by atoms with Gasteiger partial charge in [-0.25, -0.2) is 13.1 Å². The highest BCUT2D eigenvalue weighted by Crippen LogP contribution is 2.32. The normalized spacial score (nSPS) is 15.0. The molecule has 1 aliphatic rings. The van der Waals surface area contributed by atoms with Gasteiger partial charge in [-0.1, -0.05) is 24.3 Å². The first kappa shape index (κ1) is 23.1. The number of amides is 1. The van der Waals surface area contributed by atoms with Crippen molar-refractivity contribution >= 4 is 15.9 Å². The Morgan fingerprint density at radius 1 is 1.00 bits per heavy atom. The summed E-state index contributed by atoms with van der Waals surface area (Å²) in [5.41, 5.74) is -0.446. The number of fused-ring (bicyclic) bond motifs is 1. The van der Waals surface area contributed by atoms with Crippen molar-refractivity contribution < 1.29 is 39.6 Å². The Balaban J connectivity index is 1.81. The molecule has 0 aliphatic carbocycles. The zero-order valence-electron chi connectivity index (χ0n) is 15.7. The van der Waals surface area contributed by atoms with Gasteiger partial charge in [0, 0.05) is 19.6 Å². The number of carbonyl (C=O) groups is 1. The maximum Gasteiger partial charge on any atom is 0.471 e. The SMILES string of the molecule is O=C(N1CCc2ccc(S(=O)(=O)NCc3ccccc3C(F)(F)F)cc2C1)C(F)(F)F. The molecule has 2 aromatic carbocycles. The van der Waals surface area contributed by atoms with Gasteiger partial charge in [-0.3, -0.25) is 4.79 Å². The number of carbonyl (C=O) groups excluding carboxylic acids is 1. The fraction of sp³-hybridized carbons (Fsp3) is 0.316. The zero-order chi connectivity index (χ0) is 23.0. The van der Waals surface area contributed by atoms with Crippen LogP contribution in [0.15, 0.2) is 47.4 Å². The third-order valence-corrected chi connectivity index (χ3v) is 6.20. The largest absolute Gasteiger partial charge is 0.471 e. The van der Waals surface area contributed by atoms with Gasteiger partial charge >= 0.3 is 18.3 Å². The molecule has 5 nitrogen and oxygen atoms in total. The second-order valence-corrected chi connectivity index (χ2v) is 8.65. The Bertz CT molecular complexity index is 1100. The minimum atomic E-state index is -5.05. The molecule has 2 aromatic rings. The first-order valence-electron chi connectivity index (χ1n) is 8.92. The van der Waals surface area contributed by atoms with Crippen LogP contribution < -0.4 is 4.72 Å².